The Labute approximate surface area is 107 Å². The summed E-state index contributed by atoms with van der Waals surface area (Å²) in [5.41, 5.74) is 7.89. The Bertz CT molecular complexity index is 376. The highest BCUT2D eigenvalue weighted by Gasteiger charge is 2.13. The van der Waals surface area contributed by atoms with E-state index >= 15 is 0 Å². The molecule has 0 unspecified atom stereocenters. The number of hydrogen-bond acceptors (Lipinski definition) is 4. The Morgan fingerprint density at radius 2 is 1.94 bits per heavy atom. The van der Waals surface area contributed by atoms with Crippen LogP contribution in [0.2, 0.25) is 0 Å². The van der Waals surface area contributed by atoms with Crippen LogP contribution >= 0.6 is 11.8 Å². The van der Waals surface area contributed by atoms with Crippen LogP contribution in [0.25, 0.3) is 0 Å². The van der Waals surface area contributed by atoms with Crippen LogP contribution in [0.15, 0.2) is 18.2 Å². The van der Waals surface area contributed by atoms with E-state index in [0.29, 0.717) is 0 Å². The van der Waals surface area contributed by atoms with Gasteiger partial charge in [-0.2, -0.15) is 11.8 Å². The molecule has 1 saturated heterocycles. The monoisotopic (exact) mass is 252 g/mol. The quantitative estimate of drug-likeness (QED) is 0.839. The van der Waals surface area contributed by atoms with E-state index in [1.165, 1.54) is 17.2 Å². The predicted molar refractivity (Wildman–Crippen MR) is 76.2 cm³/mol. The van der Waals surface area contributed by atoms with Gasteiger partial charge in [-0.15, -0.1) is 0 Å². The molecule has 0 aliphatic carbocycles. The summed E-state index contributed by atoms with van der Waals surface area (Å²) in [6.07, 6.45) is 0.182. The Hall–Kier alpha value is -1.03. The topological polar surface area (TPSA) is 38.5 Å². The summed E-state index contributed by atoms with van der Waals surface area (Å²) < 4.78 is 5.71. The maximum atomic E-state index is 5.93. The lowest BCUT2D eigenvalue weighted by atomic mass is 10.2. The zero-order chi connectivity index (χ0) is 12.3. The van der Waals surface area contributed by atoms with E-state index in [9.17, 15) is 0 Å². The Kier molecular flexibility index (Phi) is 4.05. The first-order chi connectivity index (χ1) is 8.15. The molecule has 0 bridgehead atoms. The van der Waals surface area contributed by atoms with Gasteiger partial charge in [0.15, 0.2) is 0 Å². The molecule has 1 aromatic carbocycles. The van der Waals surface area contributed by atoms with Crippen molar-refractivity contribution in [2.45, 2.75) is 20.0 Å². The minimum Gasteiger partial charge on any atom is -0.491 e. The number of hydrogen-bond donors (Lipinski definition) is 1. The Morgan fingerprint density at radius 1 is 1.24 bits per heavy atom. The molecule has 2 rings (SSSR count). The highest BCUT2D eigenvalue weighted by atomic mass is 32.2. The molecule has 1 aromatic rings. The van der Waals surface area contributed by atoms with Gasteiger partial charge >= 0.3 is 0 Å². The van der Waals surface area contributed by atoms with Crippen LogP contribution in [0.3, 0.4) is 0 Å². The molecule has 94 valence electrons. The smallest absolute Gasteiger partial charge is 0.123 e. The van der Waals surface area contributed by atoms with Crippen LogP contribution in [-0.2, 0) is 0 Å². The molecule has 0 aromatic heterocycles. The Morgan fingerprint density at radius 3 is 2.59 bits per heavy atom. The molecular formula is C13H20N2OS. The highest BCUT2D eigenvalue weighted by molar-refractivity contribution is 7.99. The number of thioether (sulfide) groups is 1. The number of nitrogens with zero attached hydrogens (tertiary/aromatic N) is 1. The third kappa shape index (κ3) is 3.46. The number of ether oxygens (including phenoxy) is 1. The number of nitrogen functional groups attached to an aromatic ring is 1. The van der Waals surface area contributed by atoms with E-state index in [0.717, 1.165) is 24.5 Å². The SMILES string of the molecule is CC(C)Oc1cc(N)cc(N2CCSCC2)c1. The number of anilines is 2. The lowest BCUT2D eigenvalue weighted by Gasteiger charge is -2.29. The van der Waals surface area contributed by atoms with Crippen molar-refractivity contribution in [3.63, 3.8) is 0 Å². The van der Waals surface area contributed by atoms with Crippen molar-refractivity contribution in [3.8, 4) is 5.75 Å². The molecule has 0 radical (unpaired) electrons. The van der Waals surface area contributed by atoms with Gasteiger partial charge in [0.2, 0.25) is 0 Å². The molecule has 0 atom stereocenters. The van der Waals surface area contributed by atoms with Crippen molar-refractivity contribution in [1.29, 1.82) is 0 Å². The average Bonchev–Trinajstić information content (AvgIpc) is 2.28. The third-order valence-electron chi connectivity index (χ3n) is 2.66. The summed E-state index contributed by atoms with van der Waals surface area (Å²) in [6.45, 7) is 6.24. The van der Waals surface area contributed by atoms with Crippen molar-refractivity contribution >= 4 is 23.1 Å². The summed E-state index contributed by atoms with van der Waals surface area (Å²) in [6, 6.07) is 6.01. The average molecular weight is 252 g/mol. The van der Waals surface area contributed by atoms with Crippen LogP contribution in [-0.4, -0.2) is 30.7 Å². The minimum atomic E-state index is 0.182. The van der Waals surface area contributed by atoms with Gasteiger partial charge in [-0.25, -0.2) is 0 Å². The second-order valence-corrected chi connectivity index (χ2v) is 5.75. The second-order valence-electron chi connectivity index (χ2n) is 4.53. The van der Waals surface area contributed by atoms with E-state index in [4.69, 9.17) is 10.5 Å². The van der Waals surface area contributed by atoms with Gasteiger partial charge < -0.3 is 15.4 Å². The van der Waals surface area contributed by atoms with Crippen molar-refractivity contribution in [1.82, 2.24) is 0 Å². The van der Waals surface area contributed by atoms with Crippen LogP contribution in [0.4, 0.5) is 11.4 Å². The fourth-order valence-corrected chi connectivity index (χ4v) is 2.85. The maximum Gasteiger partial charge on any atom is 0.123 e. The fraction of sp³-hybridized carbons (Fsp3) is 0.538. The molecule has 1 aliphatic rings. The van der Waals surface area contributed by atoms with E-state index in [1.54, 1.807) is 0 Å². The number of nitrogens with two attached hydrogens (primary N) is 1. The lowest BCUT2D eigenvalue weighted by Crippen LogP contribution is -2.32. The standard InChI is InChI=1S/C13H20N2OS/c1-10(2)16-13-8-11(14)7-12(9-13)15-3-5-17-6-4-15/h7-10H,3-6,14H2,1-2H3. The summed E-state index contributed by atoms with van der Waals surface area (Å²) in [4.78, 5) is 2.38. The summed E-state index contributed by atoms with van der Waals surface area (Å²) in [7, 11) is 0. The molecular weight excluding hydrogens is 232 g/mol. The third-order valence-corrected chi connectivity index (χ3v) is 3.60. The van der Waals surface area contributed by atoms with E-state index in [2.05, 4.69) is 11.0 Å². The van der Waals surface area contributed by atoms with Gasteiger partial charge in [-0.1, -0.05) is 0 Å². The number of rotatable bonds is 3. The molecule has 0 spiro atoms. The first-order valence-electron chi connectivity index (χ1n) is 6.05. The first kappa shape index (κ1) is 12.4. The van der Waals surface area contributed by atoms with E-state index in [-0.39, 0.29) is 6.10 Å². The van der Waals surface area contributed by atoms with Gasteiger partial charge in [0.05, 0.1) is 6.10 Å². The van der Waals surface area contributed by atoms with Crippen LogP contribution < -0.4 is 15.4 Å². The normalized spacial score (nSPS) is 16.3. The van der Waals surface area contributed by atoms with Crippen LogP contribution in [0.5, 0.6) is 5.75 Å². The molecule has 4 heteroatoms. The maximum absolute atomic E-state index is 5.93. The van der Waals surface area contributed by atoms with Crippen LogP contribution in [0.1, 0.15) is 13.8 Å². The van der Waals surface area contributed by atoms with Crippen molar-refractivity contribution < 1.29 is 4.74 Å². The summed E-state index contributed by atoms with van der Waals surface area (Å²) in [5, 5.41) is 0. The molecule has 2 N–H and O–H groups in total. The first-order valence-corrected chi connectivity index (χ1v) is 7.20. The van der Waals surface area contributed by atoms with Crippen molar-refractivity contribution in [2.24, 2.45) is 0 Å². The van der Waals surface area contributed by atoms with Gasteiger partial charge in [0.1, 0.15) is 5.75 Å². The molecule has 0 amide bonds. The van der Waals surface area contributed by atoms with Crippen molar-refractivity contribution in [3.05, 3.63) is 18.2 Å². The van der Waals surface area contributed by atoms with Crippen LogP contribution in [0, 0.1) is 0 Å². The minimum absolute atomic E-state index is 0.182. The molecule has 1 fully saturated rings. The van der Waals surface area contributed by atoms with Gasteiger partial charge in [0, 0.05) is 48.1 Å². The largest absolute Gasteiger partial charge is 0.491 e. The van der Waals surface area contributed by atoms with E-state index < -0.39 is 0 Å². The molecule has 3 nitrogen and oxygen atoms in total. The summed E-state index contributed by atoms with van der Waals surface area (Å²) >= 11 is 2.01. The van der Waals surface area contributed by atoms with Gasteiger partial charge in [-0.05, 0) is 19.9 Å². The molecule has 0 saturated carbocycles. The zero-order valence-electron chi connectivity index (χ0n) is 10.5. The predicted octanol–water partition coefficient (Wildman–Crippen LogP) is 2.61. The van der Waals surface area contributed by atoms with Gasteiger partial charge in [-0.3, -0.25) is 0 Å². The Balaban J connectivity index is 2.18. The van der Waals surface area contributed by atoms with E-state index in [1.807, 2.05) is 37.7 Å². The molecule has 17 heavy (non-hydrogen) atoms. The van der Waals surface area contributed by atoms with Crippen molar-refractivity contribution in [2.75, 3.05) is 35.2 Å². The van der Waals surface area contributed by atoms with Gasteiger partial charge in [0.25, 0.3) is 0 Å². The highest BCUT2D eigenvalue weighted by Crippen LogP contribution is 2.28. The lowest BCUT2D eigenvalue weighted by molar-refractivity contribution is 0.242. The second kappa shape index (κ2) is 5.54. The zero-order valence-corrected chi connectivity index (χ0v) is 11.3. The molecule has 1 aliphatic heterocycles. The molecule has 1 heterocycles. The fourth-order valence-electron chi connectivity index (χ4n) is 1.95. The summed E-state index contributed by atoms with van der Waals surface area (Å²) in [5.74, 6) is 3.25. The number of benzene rings is 1.